The lowest BCUT2D eigenvalue weighted by atomic mass is 9.89. The molecule has 18 heavy (non-hydrogen) atoms. The van der Waals surface area contributed by atoms with Gasteiger partial charge in [0.1, 0.15) is 0 Å². The monoisotopic (exact) mass is 332 g/mol. The number of benzene rings is 1. The fourth-order valence-electron chi connectivity index (χ4n) is 2.45. The van der Waals surface area contributed by atoms with Gasteiger partial charge in [-0.3, -0.25) is 0 Å². The molecule has 0 bridgehead atoms. The fourth-order valence-corrected chi connectivity index (χ4v) is 4.71. The third-order valence-corrected chi connectivity index (χ3v) is 6.52. The maximum absolute atomic E-state index is 12.5. The van der Waals surface area contributed by atoms with Gasteiger partial charge >= 0.3 is 0 Å². The van der Waals surface area contributed by atoms with Gasteiger partial charge in [-0.2, -0.15) is 0 Å². The SMILES string of the molecule is CC1(C)CCC(S(=O)(=O)c2ccc(Br)cc2)C1O. The Bertz CT molecular complexity index is 534. The van der Waals surface area contributed by atoms with Crippen LogP contribution in [-0.2, 0) is 9.84 Å². The topological polar surface area (TPSA) is 54.4 Å². The first-order valence-electron chi connectivity index (χ1n) is 5.93. The van der Waals surface area contributed by atoms with Gasteiger partial charge in [0.15, 0.2) is 9.84 Å². The third kappa shape index (κ3) is 2.36. The van der Waals surface area contributed by atoms with Gasteiger partial charge in [-0.25, -0.2) is 8.42 Å². The highest BCUT2D eigenvalue weighted by atomic mass is 79.9. The molecule has 1 fully saturated rings. The summed E-state index contributed by atoms with van der Waals surface area (Å²) >= 11 is 3.28. The standard InChI is InChI=1S/C13H17BrO3S/c1-13(2)8-7-11(12(13)15)18(16,17)10-5-3-9(14)4-6-10/h3-6,11-12,15H,7-8H2,1-2H3. The molecular formula is C13H17BrO3S. The lowest BCUT2D eigenvalue weighted by molar-refractivity contribution is 0.0816. The highest BCUT2D eigenvalue weighted by Crippen LogP contribution is 2.42. The molecule has 0 heterocycles. The zero-order valence-electron chi connectivity index (χ0n) is 10.4. The van der Waals surface area contributed by atoms with E-state index in [1.807, 2.05) is 13.8 Å². The van der Waals surface area contributed by atoms with Crippen LogP contribution in [0.4, 0.5) is 0 Å². The van der Waals surface area contributed by atoms with Gasteiger partial charge in [0.25, 0.3) is 0 Å². The van der Waals surface area contributed by atoms with Crippen molar-refractivity contribution in [3.05, 3.63) is 28.7 Å². The van der Waals surface area contributed by atoms with Crippen molar-refractivity contribution in [3.63, 3.8) is 0 Å². The van der Waals surface area contributed by atoms with E-state index in [9.17, 15) is 13.5 Å². The van der Waals surface area contributed by atoms with E-state index >= 15 is 0 Å². The Kier molecular flexibility index (Phi) is 3.60. The summed E-state index contributed by atoms with van der Waals surface area (Å²) in [6.45, 7) is 3.82. The van der Waals surface area contributed by atoms with Crippen LogP contribution in [-0.4, -0.2) is 24.9 Å². The maximum atomic E-state index is 12.5. The number of aliphatic hydroxyl groups is 1. The number of sulfone groups is 1. The lowest BCUT2D eigenvalue weighted by Crippen LogP contribution is -2.36. The van der Waals surface area contributed by atoms with Gasteiger partial charge in [-0.15, -0.1) is 0 Å². The van der Waals surface area contributed by atoms with Crippen LogP contribution in [0.1, 0.15) is 26.7 Å². The zero-order valence-corrected chi connectivity index (χ0v) is 12.8. The van der Waals surface area contributed by atoms with E-state index in [1.165, 1.54) is 0 Å². The molecule has 2 atom stereocenters. The quantitative estimate of drug-likeness (QED) is 0.905. The van der Waals surface area contributed by atoms with Crippen molar-refractivity contribution in [1.82, 2.24) is 0 Å². The van der Waals surface area contributed by atoms with Gasteiger partial charge in [-0.1, -0.05) is 29.8 Å². The number of hydrogen-bond acceptors (Lipinski definition) is 3. The van der Waals surface area contributed by atoms with E-state index in [0.29, 0.717) is 6.42 Å². The molecule has 2 unspecified atom stereocenters. The highest BCUT2D eigenvalue weighted by molar-refractivity contribution is 9.10. The van der Waals surface area contributed by atoms with Crippen molar-refractivity contribution in [2.75, 3.05) is 0 Å². The normalized spacial score (nSPS) is 27.3. The predicted octanol–water partition coefficient (Wildman–Crippen LogP) is 2.77. The molecule has 0 spiro atoms. The molecule has 0 aromatic heterocycles. The van der Waals surface area contributed by atoms with Gasteiger partial charge in [-0.05, 0) is 42.5 Å². The first-order valence-corrected chi connectivity index (χ1v) is 8.26. The molecule has 100 valence electrons. The molecule has 1 aromatic carbocycles. The summed E-state index contributed by atoms with van der Waals surface area (Å²) in [6, 6.07) is 6.58. The summed E-state index contributed by atoms with van der Waals surface area (Å²) in [6.07, 6.45) is 0.451. The minimum Gasteiger partial charge on any atom is -0.391 e. The molecule has 5 heteroatoms. The summed E-state index contributed by atoms with van der Waals surface area (Å²) < 4.78 is 25.8. The average Bonchev–Trinajstić information content (AvgIpc) is 2.55. The summed E-state index contributed by atoms with van der Waals surface area (Å²) in [4.78, 5) is 0.285. The van der Waals surface area contributed by atoms with Gasteiger partial charge in [0.05, 0.1) is 16.2 Å². The van der Waals surface area contributed by atoms with Crippen LogP contribution in [0.5, 0.6) is 0 Å². The van der Waals surface area contributed by atoms with Gasteiger partial charge in [0.2, 0.25) is 0 Å². The van der Waals surface area contributed by atoms with Crippen molar-refractivity contribution in [2.45, 2.75) is 42.9 Å². The maximum Gasteiger partial charge on any atom is 0.183 e. The van der Waals surface area contributed by atoms with E-state index in [0.717, 1.165) is 10.9 Å². The summed E-state index contributed by atoms with van der Waals surface area (Å²) in [5, 5.41) is 9.49. The second kappa shape index (κ2) is 4.62. The molecule has 1 N–H and O–H groups in total. The summed E-state index contributed by atoms with van der Waals surface area (Å²) in [5.74, 6) is 0. The lowest BCUT2D eigenvalue weighted by Gasteiger charge is -2.25. The van der Waals surface area contributed by atoms with Gasteiger partial charge in [0, 0.05) is 4.47 Å². The molecule has 1 aliphatic carbocycles. The van der Waals surface area contributed by atoms with Crippen LogP contribution in [0.15, 0.2) is 33.6 Å². The summed E-state index contributed by atoms with van der Waals surface area (Å²) in [5.41, 5.74) is -0.326. The number of aliphatic hydroxyl groups excluding tert-OH is 1. The second-order valence-corrected chi connectivity index (χ2v) is 8.59. The smallest absolute Gasteiger partial charge is 0.183 e. The Labute approximate surface area is 116 Å². The molecule has 2 rings (SSSR count). The van der Waals surface area contributed by atoms with Gasteiger partial charge < -0.3 is 5.11 Å². The predicted molar refractivity (Wildman–Crippen MR) is 74.1 cm³/mol. The Hall–Kier alpha value is -0.390. The molecule has 1 saturated carbocycles. The van der Waals surface area contributed by atoms with Crippen LogP contribution in [0.3, 0.4) is 0 Å². The molecule has 0 aliphatic heterocycles. The summed E-state index contributed by atoms with van der Waals surface area (Å²) in [7, 11) is -3.45. The van der Waals surface area contributed by atoms with Crippen molar-refractivity contribution in [3.8, 4) is 0 Å². The molecule has 0 saturated heterocycles. The molecule has 1 aromatic rings. The molecule has 0 amide bonds. The van der Waals surface area contributed by atoms with Crippen molar-refractivity contribution in [1.29, 1.82) is 0 Å². The Morgan fingerprint density at radius 1 is 1.28 bits per heavy atom. The molecular weight excluding hydrogens is 316 g/mol. The largest absolute Gasteiger partial charge is 0.391 e. The van der Waals surface area contributed by atoms with E-state index in [4.69, 9.17) is 0 Å². The zero-order chi connectivity index (χ0) is 13.6. The third-order valence-electron chi connectivity index (χ3n) is 3.77. The molecule has 3 nitrogen and oxygen atoms in total. The fraction of sp³-hybridized carbons (Fsp3) is 0.538. The van der Waals surface area contributed by atoms with E-state index in [-0.39, 0.29) is 10.3 Å². The molecule has 0 radical (unpaired) electrons. The second-order valence-electron chi connectivity index (χ2n) is 5.51. The van der Waals surface area contributed by atoms with Crippen LogP contribution in [0.25, 0.3) is 0 Å². The van der Waals surface area contributed by atoms with E-state index in [1.54, 1.807) is 24.3 Å². The Morgan fingerprint density at radius 3 is 2.28 bits per heavy atom. The van der Waals surface area contributed by atoms with Crippen molar-refractivity contribution < 1.29 is 13.5 Å². The minimum atomic E-state index is -3.45. The first kappa shape index (κ1) is 14.0. The highest BCUT2D eigenvalue weighted by Gasteiger charge is 2.47. The van der Waals surface area contributed by atoms with Crippen LogP contribution in [0, 0.1) is 5.41 Å². The van der Waals surface area contributed by atoms with Crippen LogP contribution >= 0.6 is 15.9 Å². The first-order chi connectivity index (χ1) is 8.25. The average molecular weight is 333 g/mol. The van der Waals surface area contributed by atoms with Crippen molar-refractivity contribution >= 4 is 25.8 Å². The Morgan fingerprint density at radius 2 is 1.83 bits per heavy atom. The number of rotatable bonds is 2. The number of halogens is 1. The van der Waals surface area contributed by atoms with E-state index < -0.39 is 21.2 Å². The van der Waals surface area contributed by atoms with E-state index in [2.05, 4.69) is 15.9 Å². The van der Waals surface area contributed by atoms with Crippen LogP contribution < -0.4 is 0 Å². The van der Waals surface area contributed by atoms with Crippen molar-refractivity contribution in [2.24, 2.45) is 5.41 Å². The Balaban J connectivity index is 2.36. The number of hydrogen-bond donors (Lipinski definition) is 1. The minimum absolute atomic E-state index is 0.285. The molecule has 1 aliphatic rings. The van der Waals surface area contributed by atoms with Crippen LogP contribution in [0.2, 0.25) is 0 Å².